The topological polar surface area (TPSA) is 86.9 Å². The number of hydrogen-bond acceptors (Lipinski definition) is 3. The second-order valence-electron chi connectivity index (χ2n) is 7.71. The van der Waals surface area contributed by atoms with Crippen LogP contribution in [0.1, 0.15) is 56.2 Å². The Labute approximate surface area is 149 Å². The number of aromatic amines is 1. The molecular weight excluding hydrogens is 316 g/mol. The van der Waals surface area contributed by atoms with Gasteiger partial charge in [0.25, 0.3) is 0 Å². The number of amides is 2. The average molecular weight is 346 g/mol. The van der Waals surface area contributed by atoms with Crippen molar-refractivity contribution in [1.82, 2.24) is 20.8 Å². The third kappa shape index (κ3) is 5.06. The third-order valence-electron chi connectivity index (χ3n) is 5.89. The Hall–Kier alpha value is -1.85. The highest BCUT2D eigenvalue weighted by molar-refractivity contribution is 5.79. The highest BCUT2D eigenvalue weighted by Crippen LogP contribution is 2.49. The molecule has 138 valence electrons. The number of carbonyl (C=O) groups is 2. The molecule has 25 heavy (non-hydrogen) atoms. The van der Waals surface area contributed by atoms with E-state index in [0.717, 1.165) is 30.4 Å². The van der Waals surface area contributed by atoms with E-state index in [1.165, 1.54) is 31.2 Å². The number of nitrogens with zero attached hydrogens (tertiary/aromatic N) is 1. The van der Waals surface area contributed by atoms with Crippen LogP contribution in [0.15, 0.2) is 6.20 Å². The van der Waals surface area contributed by atoms with E-state index in [1.807, 2.05) is 13.1 Å². The van der Waals surface area contributed by atoms with Crippen LogP contribution in [0.4, 0.5) is 0 Å². The second-order valence-corrected chi connectivity index (χ2v) is 7.71. The molecule has 3 rings (SSSR count). The van der Waals surface area contributed by atoms with Gasteiger partial charge in [0, 0.05) is 31.6 Å². The van der Waals surface area contributed by atoms with Crippen molar-refractivity contribution in [2.24, 2.45) is 17.8 Å². The van der Waals surface area contributed by atoms with Crippen LogP contribution in [0.5, 0.6) is 0 Å². The first kappa shape index (κ1) is 18.0. The van der Waals surface area contributed by atoms with Gasteiger partial charge in [0.05, 0.1) is 6.20 Å². The van der Waals surface area contributed by atoms with Crippen molar-refractivity contribution in [2.75, 3.05) is 13.1 Å². The average Bonchev–Trinajstić information content (AvgIpc) is 3.29. The van der Waals surface area contributed by atoms with Gasteiger partial charge in [-0.1, -0.05) is 6.42 Å². The molecule has 3 N–H and O–H groups in total. The van der Waals surface area contributed by atoms with Crippen molar-refractivity contribution < 1.29 is 9.59 Å². The van der Waals surface area contributed by atoms with Crippen molar-refractivity contribution in [2.45, 2.75) is 58.3 Å². The van der Waals surface area contributed by atoms with Gasteiger partial charge in [0.1, 0.15) is 0 Å². The first-order valence-electron chi connectivity index (χ1n) is 9.64. The van der Waals surface area contributed by atoms with Crippen LogP contribution in [0.25, 0.3) is 0 Å². The minimum absolute atomic E-state index is 0.00383. The first-order chi connectivity index (χ1) is 12.1. The van der Waals surface area contributed by atoms with Gasteiger partial charge in [-0.25, -0.2) is 0 Å². The molecule has 3 atom stereocenters. The van der Waals surface area contributed by atoms with Crippen LogP contribution >= 0.6 is 0 Å². The van der Waals surface area contributed by atoms with Gasteiger partial charge in [0.2, 0.25) is 11.8 Å². The Balaban J connectivity index is 1.22. The predicted molar refractivity (Wildman–Crippen MR) is 95.8 cm³/mol. The molecule has 1 heterocycles. The molecule has 2 amide bonds. The van der Waals surface area contributed by atoms with Crippen LogP contribution in [0, 0.1) is 24.7 Å². The van der Waals surface area contributed by atoms with Crippen molar-refractivity contribution in [1.29, 1.82) is 0 Å². The number of rotatable bonds is 9. The van der Waals surface area contributed by atoms with Crippen molar-refractivity contribution in [3.05, 3.63) is 17.5 Å². The van der Waals surface area contributed by atoms with E-state index in [1.54, 1.807) is 0 Å². The maximum atomic E-state index is 12.0. The number of nitrogens with one attached hydrogen (secondary N) is 3. The van der Waals surface area contributed by atoms with Gasteiger partial charge in [-0.2, -0.15) is 5.10 Å². The van der Waals surface area contributed by atoms with Gasteiger partial charge < -0.3 is 10.6 Å². The minimum atomic E-state index is 0.00383. The molecule has 0 spiro atoms. The fraction of sp³-hybridized carbons (Fsp3) is 0.737. The van der Waals surface area contributed by atoms with Crippen molar-refractivity contribution in [3.63, 3.8) is 0 Å². The maximum Gasteiger partial charge on any atom is 0.221 e. The van der Waals surface area contributed by atoms with Crippen molar-refractivity contribution >= 4 is 11.8 Å². The van der Waals surface area contributed by atoms with Gasteiger partial charge in [-0.15, -0.1) is 0 Å². The molecule has 0 aromatic carbocycles. The lowest BCUT2D eigenvalue weighted by molar-refractivity contribution is -0.123. The van der Waals surface area contributed by atoms with Crippen LogP contribution in [-0.4, -0.2) is 35.1 Å². The van der Waals surface area contributed by atoms with E-state index in [0.29, 0.717) is 31.8 Å². The zero-order valence-corrected chi connectivity index (χ0v) is 15.1. The summed E-state index contributed by atoms with van der Waals surface area (Å²) in [6.45, 7) is 3.09. The van der Waals surface area contributed by atoms with Gasteiger partial charge in [-0.3, -0.25) is 14.7 Å². The van der Waals surface area contributed by atoms with E-state index in [4.69, 9.17) is 0 Å². The number of aryl methyl sites for hydroxylation is 2. The predicted octanol–water partition coefficient (Wildman–Crippen LogP) is 2.10. The van der Waals surface area contributed by atoms with Crippen LogP contribution in [0.3, 0.4) is 0 Å². The molecule has 2 bridgehead atoms. The summed E-state index contributed by atoms with van der Waals surface area (Å²) in [6.07, 6.45) is 9.87. The number of fused-ring (bicyclic) bond motifs is 2. The van der Waals surface area contributed by atoms with E-state index in [-0.39, 0.29) is 11.8 Å². The third-order valence-corrected chi connectivity index (χ3v) is 5.89. The summed E-state index contributed by atoms with van der Waals surface area (Å²) >= 11 is 0. The smallest absolute Gasteiger partial charge is 0.221 e. The van der Waals surface area contributed by atoms with E-state index in [9.17, 15) is 9.59 Å². The zero-order valence-electron chi connectivity index (χ0n) is 15.1. The minimum Gasteiger partial charge on any atom is -0.356 e. The SMILES string of the molecule is Cc1[nH]ncc1CCCNC(=O)CCNC(=O)C[C@H]1C[C@H]2CC[C@H]1C2. The Morgan fingerprint density at radius 2 is 2.04 bits per heavy atom. The molecule has 1 aromatic heterocycles. The molecule has 2 saturated carbocycles. The largest absolute Gasteiger partial charge is 0.356 e. The fourth-order valence-corrected chi connectivity index (χ4v) is 4.47. The summed E-state index contributed by atoms with van der Waals surface area (Å²) in [7, 11) is 0. The first-order valence-corrected chi connectivity index (χ1v) is 9.64. The van der Waals surface area contributed by atoms with Gasteiger partial charge in [0.15, 0.2) is 0 Å². The number of aromatic nitrogens is 2. The molecule has 6 nitrogen and oxygen atoms in total. The van der Waals surface area contributed by atoms with Crippen LogP contribution in [-0.2, 0) is 16.0 Å². The molecule has 1 aromatic rings. The highest BCUT2D eigenvalue weighted by Gasteiger charge is 2.39. The van der Waals surface area contributed by atoms with Gasteiger partial charge in [-0.05, 0) is 62.3 Å². The molecule has 2 aliphatic carbocycles. The molecule has 0 unspecified atom stereocenters. The van der Waals surface area contributed by atoms with E-state index < -0.39 is 0 Å². The Morgan fingerprint density at radius 3 is 2.72 bits per heavy atom. The Bertz CT molecular complexity index is 598. The molecule has 6 heteroatoms. The van der Waals surface area contributed by atoms with Gasteiger partial charge >= 0.3 is 0 Å². The standard InChI is InChI=1S/C19H30N4O2/c1-13-16(12-22-23-13)3-2-7-20-18(24)6-8-21-19(25)11-17-10-14-4-5-15(17)9-14/h12,14-15,17H,2-11H2,1H3,(H,20,24)(H,21,25)(H,22,23)/t14-,15-,17+/m0/s1. The number of H-pyrrole nitrogens is 1. The lowest BCUT2D eigenvalue weighted by atomic mass is 9.86. The lowest BCUT2D eigenvalue weighted by Gasteiger charge is -2.20. The summed E-state index contributed by atoms with van der Waals surface area (Å²) in [4.78, 5) is 23.8. The monoisotopic (exact) mass is 346 g/mol. The van der Waals surface area contributed by atoms with Crippen LogP contribution < -0.4 is 10.6 Å². The highest BCUT2D eigenvalue weighted by atomic mass is 16.2. The summed E-state index contributed by atoms with van der Waals surface area (Å²) < 4.78 is 0. The Morgan fingerprint density at radius 1 is 1.20 bits per heavy atom. The quantitative estimate of drug-likeness (QED) is 0.599. The summed E-state index contributed by atoms with van der Waals surface area (Å²) in [5, 5.41) is 12.7. The molecule has 0 radical (unpaired) electrons. The fourth-order valence-electron chi connectivity index (χ4n) is 4.47. The normalized spacial score (nSPS) is 24.4. The molecule has 2 aliphatic rings. The molecular formula is C19H30N4O2. The molecule has 2 fully saturated rings. The number of hydrogen-bond donors (Lipinski definition) is 3. The molecule has 0 aliphatic heterocycles. The van der Waals surface area contributed by atoms with E-state index in [2.05, 4.69) is 20.8 Å². The summed E-state index contributed by atoms with van der Waals surface area (Å²) in [5.74, 6) is 2.35. The lowest BCUT2D eigenvalue weighted by Crippen LogP contribution is -2.32. The maximum absolute atomic E-state index is 12.0. The molecule has 0 saturated heterocycles. The summed E-state index contributed by atoms with van der Waals surface area (Å²) in [5.41, 5.74) is 2.28. The Kier molecular flexibility index (Phi) is 6.10. The van der Waals surface area contributed by atoms with E-state index >= 15 is 0 Å². The number of carbonyl (C=O) groups excluding carboxylic acids is 2. The second kappa shape index (κ2) is 8.50. The zero-order chi connectivity index (χ0) is 17.6. The summed E-state index contributed by atoms with van der Waals surface area (Å²) in [6, 6.07) is 0. The van der Waals surface area contributed by atoms with Crippen molar-refractivity contribution in [3.8, 4) is 0 Å². The van der Waals surface area contributed by atoms with Crippen LogP contribution in [0.2, 0.25) is 0 Å².